The summed E-state index contributed by atoms with van der Waals surface area (Å²) in [7, 11) is 0. The number of hydrogen-bond acceptors (Lipinski definition) is 4. The van der Waals surface area contributed by atoms with E-state index >= 15 is 0 Å². The van der Waals surface area contributed by atoms with Gasteiger partial charge in [-0.2, -0.15) is 0 Å². The van der Waals surface area contributed by atoms with Gasteiger partial charge in [0.05, 0.1) is 24.6 Å². The molecular formula is C10H16N2O2. The SMILES string of the molecule is CCOC(=O)C(C)C1(N)C=CC=NC1. The summed E-state index contributed by atoms with van der Waals surface area (Å²) in [5.74, 6) is -0.632. The molecule has 0 radical (unpaired) electrons. The average Bonchev–Trinajstić information content (AvgIpc) is 2.18. The van der Waals surface area contributed by atoms with Crippen LogP contribution in [-0.4, -0.2) is 30.9 Å². The monoisotopic (exact) mass is 196 g/mol. The van der Waals surface area contributed by atoms with E-state index in [0.717, 1.165) is 0 Å². The van der Waals surface area contributed by atoms with Gasteiger partial charge in [-0.05, 0) is 19.9 Å². The number of nitrogens with two attached hydrogens (primary N) is 1. The number of rotatable bonds is 3. The molecular weight excluding hydrogens is 180 g/mol. The van der Waals surface area contributed by atoms with Crippen LogP contribution in [0, 0.1) is 5.92 Å². The molecule has 0 aromatic carbocycles. The second-order valence-corrected chi connectivity index (χ2v) is 3.43. The van der Waals surface area contributed by atoms with E-state index in [0.29, 0.717) is 13.2 Å². The highest BCUT2D eigenvalue weighted by molar-refractivity contribution is 5.77. The Balaban J connectivity index is 2.67. The lowest BCUT2D eigenvalue weighted by molar-refractivity contribution is -0.149. The van der Waals surface area contributed by atoms with Crippen molar-refractivity contribution in [3.05, 3.63) is 12.2 Å². The fraction of sp³-hybridized carbons (Fsp3) is 0.600. The van der Waals surface area contributed by atoms with E-state index in [2.05, 4.69) is 4.99 Å². The number of allylic oxidation sites excluding steroid dienone is 1. The Morgan fingerprint density at radius 3 is 3.00 bits per heavy atom. The van der Waals surface area contributed by atoms with Crippen LogP contribution in [-0.2, 0) is 9.53 Å². The summed E-state index contributed by atoms with van der Waals surface area (Å²) in [6.07, 6.45) is 5.25. The van der Waals surface area contributed by atoms with Crippen molar-refractivity contribution >= 4 is 12.2 Å². The van der Waals surface area contributed by atoms with Crippen molar-refractivity contribution in [1.29, 1.82) is 0 Å². The van der Waals surface area contributed by atoms with E-state index in [1.165, 1.54) is 0 Å². The minimum absolute atomic E-state index is 0.267. The number of ether oxygens (including phenoxy) is 1. The van der Waals surface area contributed by atoms with Crippen LogP contribution in [0.25, 0.3) is 0 Å². The van der Waals surface area contributed by atoms with E-state index in [9.17, 15) is 4.79 Å². The molecule has 2 atom stereocenters. The minimum atomic E-state index is -0.693. The van der Waals surface area contributed by atoms with Gasteiger partial charge in [-0.3, -0.25) is 9.79 Å². The highest BCUT2D eigenvalue weighted by Gasteiger charge is 2.35. The fourth-order valence-electron chi connectivity index (χ4n) is 1.31. The molecule has 4 heteroatoms. The molecule has 4 nitrogen and oxygen atoms in total. The first-order valence-electron chi connectivity index (χ1n) is 4.73. The number of nitrogens with zero attached hydrogens (tertiary/aromatic N) is 1. The van der Waals surface area contributed by atoms with Crippen molar-refractivity contribution < 1.29 is 9.53 Å². The topological polar surface area (TPSA) is 64.7 Å². The molecule has 2 N–H and O–H groups in total. The van der Waals surface area contributed by atoms with Crippen LogP contribution >= 0.6 is 0 Å². The third-order valence-electron chi connectivity index (χ3n) is 2.41. The van der Waals surface area contributed by atoms with Crippen molar-refractivity contribution in [3.63, 3.8) is 0 Å². The van der Waals surface area contributed by atoms with Gasteiger partial charge in [0.25, 0.3) is 0 Å². The molecule has 0 aliphatic carbocycles. The lowest BCUT2D eigenvalue weighted by atomic mass is 9.85. The van der Waals surface area contributed by atoms with Gasteiger partial charge in [-0.15, -0.1) is 0 Å². The van der Waals surface area contributed by atoms with Crippen LogP contribution in [0.15, 0.2) is 17.1 Å². The number of dihydropyridines is 1. The standard InChI is InChI=1S/C10H16N2O2/c1-3-14-9(13)8(2)10(11)5-4-6-12-7-10/h4-6,8H,3,7,11H2,1-2H3. The summed E-state index contributed by atoms with van der Waals surface area (Å²) in [5, 5.41) is 0. The molecule has 0 saturated carbocycles. The van der Waals surface area contributed by atoms with Gasteiger partial charge in [-0.25, -0.2) is 0 Å². The number of esters is 1. The molecule has 1 aliphatic heterocycles. The van der Waals surface area contributed by atoms with Crippen LogP contribution in [0.5, 0.6) is 0 Å². The Kier molecular flexibility index (Phi) is 3.41. The smallest absolute Gasteiger partial charge is 0.310 e. The van der Waals surface area contributed by atoms with E-state index in [1.54, 1.807) is 26.1 Å². The van der Waals surface area contributed by atoms with Crippen LogP contribution in [0.3, 0.4) is 0 Å². The van der Waals surface area contributed by atoms with Crippen molar-refractivity contribution in [1.82, 2.24) is 0 Å². The number of carbonyl (C=O) groups excluding carboxylic acids is 1. The summed E-state index contributed by atoms with van der Waals surface area (Å²) in [5.41, 5.74) is 5.34. The number of aliphatic imine (C=N–C) groups is 1. The normalized spacial score (nSPS) is 27.4. The Morgan fingerprint density at radius 2 is 2.50 bits per heavy atom. The molecule has 0 saturated heterocycles. The van der Waals surface area contributed by atoms with E-state index in [4.69, 9.17) is 10.5 Å². The second-order valence-electron chi connectivity index (χ2n) is 3.43. The average molecular weight is 196 g/mol. The molecule has 0 spiro atoms. The molecule has 1 rings (SSSR count). The van der Waals surface area contributed by atoms with Crippen molar-refractivity contribution in [3.8, 4) is 0 Å². The van der Waals surface area contributed by atoms with E-state index < -0.39 is 5.54 Å². The Bertz CT molecular complexity index is 273. The zero-order chi connectivity index (χ0) is 10.6. The largest absolute Gasteiger partial charge is 0.466 e. The van der Waals surface area contributed by atoms with Gasteiger partial charge in [0.1, 0.15) is 0 Å². The van der Waals surface area contributed by atoms with Gasteiger partial charge in [0, 0.05) is 6.21 Å². The summed E-state index contributed by atoms with van der Waals surface area (Å²) in [6, 6.07) is 0. The van der Waals surface area contributed by atoms with Crippen molar-refractivity contribution in [2.75, 3.05) is 13.2 Å². The molecule has 0 aromatic heterocycles. The molecule has 2 unspecified atom stereocenters. The summed E-state index contributed by atoms with van der Waals surface area (Å²) < 4.78 is 4.92. The molecule has 1 aliphatic rings. The molecule has 0 bridgehead atoms. The summed E-state index contributed by atoms with van der Waals surface area (Å²) in [4.78, 5) is 15.5. The Labute approximate surface area is 83.8 Å². The molecule has 14 heavy (non-hydrogen) atoms. The van der Waals surface area contributed by atoms with Gasteiger partial charge in [0.15, 0.2) is 0 Å². The number of carbonyl (C=O) groups is 1. The van der Waals surface area contributed by atoms with Gasteiger partial charge >= 0.3 is 5.97 Å². The van der Waals surface area contributed by atoms with Crippen LogP contribution in [0.4, 0.5) is 0 Å². The van der Waals surface area contributed by atoms with Gasteiger partial charge in [0.2, 0.25) is 0 Å². The van der Waals surface area contributed by atoms with E-state index in [1.807, 2.05) is 6.08 Å². The summed E-state index contributed by atoms with van der Waals surface area (Å²) >= 11 is 0. The van der Waals surface area contributed by atoms with Gasteiger partial charge < -0.3 is 10.5 Å². The predicted octanol–water partition coefficient (Wildman–Crippen LogP) is 0.524. The predicted molar refractivity (Wildman–Crippen MR) is 55.2 cm³/mol. The number of hydrogen-bond donors (Lipinski definition) is 1. The lowest BCUT2D eigenvalue weighted by Crippen LogP contribution is -2.51. The van der Waals surface area contributed by atoms with Crippen molar-refractivity contribution in [2.24, 2.45) is 16.6 Å². The maximum Gasteiger partial charge on any atom is 0.310 e. The molecule has 1 heterocycles. The Morgan fingerprint density at radius 1 is 1.79 bits per heavy atom. The van der Waals surface area contributed by atoms with Crippen LogP contribution in [0.2, 0.25) is 0 Å². The highest BCUT2D eigenvalue weighted by atomic mass is 16.5. The quantitative estimate of drug-likeness (QED) is 0.669. The third-order valence-corrected chi connectivity index (χ3v) is 2.41. The Hall–Kier alpha value is -1.16. The summed E-state index contributed by atoms with van der Waals surface area (Å²) in [6.45, 7) is 4.36. The van der Waals surface area contributed by atoms with Gasteiger partial charge in [-0.1, -0.05) is 6.08 Å². The van der Waals surface area contributed by atoms with Crippen LogP contribution < -0.4 is 5.73 Å². The zero-order valence-electron chi connectivity index (χ0n) is 8.56. The maximum absolute atomic E-state index is 11.5. The fourth-order valence-corrected chi connectivity index (χ4v) is 1.31. The highest BCUT2D eigenvalue weighted by Crippen LogP contribution is 2.20. The second kappa shape index (κ2) is 4.37. The minimum Gasteiger partial charge on any atom is -0.466 e. The molecule has 0 fully saturated rings. The lowest BCUT2D eigenvalue weighted by Gasteiger charge is -2.30. The molecule has 0 aromatic rings. The maximum atomic E-state index is 11.5. The molecule has 78 valence electrons. The van der Waals surface area contributed by atoms with Crippen LogP contribution in [0.1, 0.15) is 13.8 Å². The zero-order valence-corrected chi connectivity index (χ0v) is 8.56. The third kappa shape index (κ3) is 2.20. The first-order chi connectivity index (χ1) is 6.60. The van der Waals surface area contributed by atoms with E-state index in [-0.39, 0.29) is 11.9 Å². The van der Waals surface area contributed by atoms with Crippen molar-refractivity contribution in [2.45, 2.75) is 19.4 Å². The first-order valence-corrected chi connectivity index (χ1v) is 4.73. The first kappa shape index (κ1) is 10.9. The molecule has 0 amide bonds.